The van der Waals surface area contributed by atoms with Gasteiger partial charge in [-0.1, -0.05) is 30.3 Å². The van der Waals surface area contributed by atoms with E-state index in [0.29, 0.717) is 31.0 Å². The van der Waals surface area contributed by atoms with Gasteiger partial charge in [0, 0.05) is 25.7 Å². The Kier molecular flexibility index (Phi) is 4.56. The van der Waals surface area contributed by atoms with Gasteiger partial charge in [-0.05, 0) is 36.7 Å². The second-order valence-electron chi connectivity index (χ2n) is 6.45. The Morgan fingerprint density at radius 2 is 1.86 bits per heavy atom. The van der Waals surface area contributed by atoms with Crippen LogP contribution in [0.1, 0.15) is 18.4 Å². The van der Waals surface area contributed by atoms with Gasteiger partial charge in [-0.25, -0.2) is 0 Å². The largest absolute Gasteiger partial charge is 0.355 e. The van der Waals surface area contributed by atoms with E-state index in [-0.39, 0.29) is 5.91 Å². The summed E-state index contributed by atoms with van der Waals surface area (Å²) < 4.78 is 0. The summed E-state index contributed by atoms with van der Waals surface area (Å²) in [6.07, 6.45) is 3.36. The quantitative estimate of drug-likeness (QED) is 0.850. The maximum absolute atomic E-state index is 12.0. The summed E-state index contributed by atoms with van der Waals surface area (Å²) in [7, 11) is 0. The van der Waals surface area contributed by atoms with Gasteiger partial charge in [-0.15, -0.1) is 0 Å². The number of benzene rings is 1. The molecule has 1 saturated carbocycles. The molecular formula is C17H25N3O. The number of carbonyl (C=O) groups is 1. The SMILES string of the molecule is NC1C2CCC1CN(CC(=O)NCCc1ccccc1)C2. The van der Waals surface area contributed by atoms with E-state index in [4.69, 9.17) is 5.73 Å². The monoisotopic (exact) mass is 287 g/mol. The van der Waals surface area contributed by atoms with Crippen molar-refractivity contribution in [3.63, 3.8) is 0 Å². The summed E-state index contributed by atoms with van der Waals surface area (Å²) >= 11 is 0. The van der Waals surface area contributed by atoms with Gasteiger partial charge < -0.3 is 11.1 Å². The van der Waals surface area contributed by atoms with E-state index < -0.39 is 0 Å². The molecule has 2 atom stereocenters. The normalized spacial score (nSPS) is 28.5. The highest BCUT2D eigenvalue weighted by Crippen LogP contribution is 2.35. The molecule has 1 aromatic rings. The Bertz CT molecular complexity index is 462. The van der Waals surface area contributed by atoms with E-state index in [2.05, 4.69) is 22.3 Å². The molecular weight excluding hydrogens is 262 g/mol. The van der Waals surface area contributed by atoms with E-state index in [1.54, 1.807) is 0 Å². The van der Waals surface area contributed by atoms with Crippen molar-refractivity contribution >= 4 is 5.91 Å². The minimum atomic E-state index is 0.140. The molecule has 21 heavy (non-hydrogen) atoms. The van der Waals surface area contributed by atoms with Crippen LogP contribution in [0.25, 0.3) is 0 Å². The number of hydrogen-bond donors (Lipinski definition) is 2. The Balaban J connectivity index is 1.39. The molecule has 114 valence electrons. The van der Waals surface area contributed by atoms with Crippen LogP contribution in [0.5, 0.6) is 0 Å². The summed E-state index contributed by atoms with van der Waals surface area (Å²) in [5, 5.41) is 3.03. The molecule has 4 nitrogen and oxygen atoms in total. The number of rotatable bonds is 5. The number of likely N-dealkylation sites (tertiary alicyclic amines) is 1. The van der Waals surface area contributed by atoms with Crippen molar-refractivity contribution in [2.75, 3.05) is 26.2 Å². The predicted octanol–water partition coefficient (Wildman–Crippen LogP) is 1.01. The first-order valence-electron chi connectivity index (χ1n) is 8.01. The second kappa shape index (κ2) is 6.58. The van der Waals surface area contributed by atoms with Gasteiger partial charge in [0.2, 0.25) is 5.91 Å². The molecule has 1 heterocycles. The molecule has 2 bridgehead atoms. The number of nitrogens with one attached hydrogen (secondary N) is 1. The number of amides is 1. The third-order valence-electron chi connectivity index (χ3n) is 4.93. The average molecular weight is 287 g/mol. The van der Waals surface area contributed by atoms with Crippen LogP contribution in [-0.2, 0) is 11.2 Å². The molecule has 0 radical (unpaired) electrons. The number of nitrogens with two attached hydrogens (primary N) is 1. The van der Waals surface area contributed by atoms with Crippen LogP contribution in [0.15, 0.2) is 30.3 Å². The van der Waals surface area contributed by atoms with Crippen LogP contribution < -0.4 is 11.1 Å². The second-order valence-corrected chi connectivity index (χ2v) is 6.45. The summed E-state index contributed by atoms with van der Waals surface area (Å²) in [4.78, 5) is 14.3. The molecule has 1 aromatic carbocycles. The molecule has 2 unspecified atom stereocenters. The molecule has 1 aliphatic carbocycles. The van der Waals surface area contributed by atoms with Crippen molar-refractivity contribution in [3.05, 3.63) is 35.9 Å². The lowest BCUT2D eigenvalue weighted by atomic mass is 9.93. The third kappa shape index (κ3) is 3.63. The van der Waals surface area contributed by atoms with E-state index in [0.717, 1.165) is 19.5 Å². The molecule has 1 amide bonds. The number of carbonyl (C=O) groups excluding carboxylic acids is 1. The number of nitrogens with zero attached hydrogens (tertiary/aromatic N) is 1. The number of piperidine rings is 1. The first kappa shape index (κ1) is 14.5. The molecule has 1 saturated heterocycles. The highest BCUT2D eigenvalue weighted by molar-refractivity contribution is 5.78. The minimum absolute atomic E-state index is 0.140. The van der Waals surface area contributed by atoms with Crippen molar-refractivity contribution in [1.82, 2.24) is 10.2 Å². The molecule has 1 aliphatic heterocycles. The fourth-order valence-electron chi connectivity index (χ4n) is 3.74. The zero-order valence-corrected chi connectivity index (χ0v) is 12.5. The van der Waals surface area contributed by atoms with Crippen LogP contribution in [0.2, 0.25) is 0 Å². The van der Waals surface area contributed by atoms with Crippen molar-refractivity contribution < 1.29 is 4.79 Å². The maximum atomic E-state index is 12.0. The van der Waals surface area contributed by atoms with E-state index in [1.807, 2.05) is 18.2 Å². The van der Waals surface area contributed by atoms with Crippen LogP contribution in [0.4, 0.5) is 0 Å². The summed E-state index contributed by atoms with van der Waals surface area (Å²) in [6, 6.07) is 10.6. The highest BCUT2D eigenvalue weighted by Gasteiger charge is 2.39. The molecule has 2 aliphatic rings. The van der Waals surface area contributed by atoms with Gasteiger partial charge in [0.15, 0.2) is 0 Å². The molecule has 2 fully saturated rings. The van der Waals surface area contributed by atoms with Crippen molar-refractivity contribution in [2.24, 2.45) is 17.6 Å². The number of hydrogen-bond acceptors (Lipinski definition) is 3. The van der Waals surface area contributed by atoms with Crippen LogP contribution in [0, 0.1) is 11.8 Å². The Labute approximate surface area is 126 Å². The lowest BCUT2D eigenvalue weighted by Gasteiger charge is -2.35. The van der Waals surface area contributed by atoms with Gasteiger partial charge in [-0.3, -0.25) is 9.69 Å². The highest BCUT2D eigenvalue weighted by atomic mass is 16.2. The fourth-order valence-corrected chi connectivity index (χ4v) is 3.74. The predicted molar refractivity (Wildman–Crippen MR) is 83.8 cm³/mol. The Morgan fingerprint density at radius 1 is 1.19 bits per heavy atom. The van der Waals surface area contributed by atoms with E-state index >= 15 is 0 Å². The Hall–Kier alpha value is -1.39. The molecule has 3 N–H and O–H groups in total. The molecule has 0 spiro atoms. The third-order valence-corrected chi connectivity index (χ3v) is 4.93. The zero-order chi connectivity index (χ0) is 14.7. The number of fused-ring (bicyclic) bond motifs is 2. The van der Waals surface area contributed by atoms with Crippen LogP contribution in [0.3, 0.4) is 0 Å². The van der Waals surface area contributed by atoms with Gasteiger partial charge in [0.1, 0.15) is 0 Å². The average Bonchev–Trinajstić information content (AvgIpc) is 2.71. The van der Waals surface area contributed by atoms with Crippen molar-refractivity contribution in [3.8, 4) is 0 Å². The van der Waals surface area contributed by atoms with Crippen molar-refractivity contribution in [1.29, 1.82) is 0 Å². The zero-order valence-electron chi connectivity index (χ0n) is 12.5. The van der Waals surface area contributed by atoms with Gasteiger partial charge in [0.25, 0.3) is 0 Å². The summed E-state index contributed by atoms with van der Waals surface area (Å²) in [5.74, 6) is 1.34. The van der Waals surface area contributed by atoms with Crippen molar-refractivity contribution in [2.45, 2.75) is 25.3 Å². The standard InChI is InChI=1S/C17H25N3O/c18-17-14-6-7-15(17)11-20(10-14)12-16(21)19-9-8-13-4-2-1-3-5-13/h1-5,14-15,17H,6-12,18H2,(H,19,21). The van der Waals surface area contributed by atoms with Gasteiger partial charge in [-0.2, -0.15) is 0 Å². The molecule has 4 heteroatoms. The lowest BCUT2D eigenvalue weighted by molar-refractivity contribution is -0.122. The minimum Gasteiger partial charge on any atom is -0.355 e. The van der Waals surface area contributed by atoms with Gasteiger partial charge in [0.05, 0.1) is 6.54 Å². The van der Waals surface area contributed by atoms with Crippen LogP contribution >= 0.6 is 0 Å². The van der Waals surface area contributed by atoms with Crippen LogP contribution in [-0.4, -0.2) is 43.0 Å². The molecule has 3 rings (SSSR count). The topological polar surface area (TPSA) is 58.4 Å². The maximum Gasteiger partial charge on any atom is 0.234 e. The fraction of sp³-hybridized carbons (Fsp3) is 0.588. The summed E-state index contributed by atoms with van der Waals surface area (Å²) in [5.41, 5.74) is 7.46. The Morgan fingerprint density at radius 3 is 2.52 bits per heavy atom. The van der Waals surface area contributed by atoms with E-state index in [1.165, 1.54) is 18.4 Å². The van der Waals surface area contributed by atoms with Gasteiger partial charge >= 0.3 is 0 Å². The van der Waals surface area contributed by atoms with E-state index in [9.17, 15) is 4.79 Å². The smallest absolute Gasteiger partial charge is 0.234 e. The molecule has 0 aromatic heterocycles. The first-order chi connectivity index (χ1) is 10.2. The summed E-state index contributed by atoms with van der Waals surface area (Å²) in [6.45, 7) is 3.21. The first-order valence-corrected chi connectivity index (χ1v) is 8.01. The lowest BCUT2D eigenvalue weighted by Crippen LogP contribution is -2.51.